The molecular formula is C13H18N4O2S. The molecule has 7 heteroatoms. The predicted octanol–water partition coefficient (Wildman–Crippen LogP) is 0.909. The Labute approximate surface area is 118 Å². The molecule has 0 aliphatic heterocycles. The van der Waals surface area contributed by atoms with Crippen molar-refractivity contribution in [2.24, 2.45) is 5.73 Å². The van der Waals surface area contributed by atoms with Crippen molar-refractivity contribution < 1.29 is 8.42 Å². The van der Waals surface area contributed by atoms with Gasteiger partial charge >= 0.3 is 0 Å². The van der Waals surface area contributed by atoms with E-state index in [1.165, 1.54) is 6.20 Å². The number of aromatic amines is 1. The number of hydrogen-bond donors (Lipinski definition) is 3. The smallest absolute Gasteiger partial charge is 0.257 e. The van der Waals surface area contributed by atoms with Crippen LogP contribution in [0, 0.1) is 0 Å². The summed E-state index contributed by atoms with van der Waals surface area (Å²) in [6, 6.07) is 7.48. The van der Waals surface area contributed by atoms with Crippen molar-refractivity contribution in [2.75, 3.05) is 0 Å². The number of sulfonamides is 1. The monoisotopic (exact) mass is 294 g/mol. The van der Waals surface area contributed by atoms with Gasteiger partial charge in [-0.25, -0.2) is 18.1 Å². The Balaban J connectivity index is 2.04. The normalized spacial score (nSPS) is 11.7. The van der Waals surface area contributed by atoms with Crippen LogP contribution in [0.5, 0.6) is 0 Å². The van der Waals surface area contributed by atoms with Crippen molar-refractivity contribution in [3.05, 3.63) is 47.4 Å². The Morgan fingerprint density at radius 3 is 2.45 bits per heavy atom. The van der Waals surface area contributed by atoms with E-state index in [2.05, 4.69) is 14.7 Å². The number of nitrogens with one attached hydrogen (secondary N) is 2. The first-order valence-electron chi connectivity index (χ1n) is 6.36. The van der Waals surface area contributed by atoms with Crippen molar-refractivity contribution in [2.45, 2.75) is 31.5 Å². The zero-order valence-electron chi connectivity index (χ0n) is 11.3. The van der Waals surface area contributed by atoms with E-state index in [0.29, 0.717) is 18.8 Å². The van der Waals surface area contributed by atoms with Crippen molar-refractivity contribution >= 4 is 10.0 Å². The van der Waals surface area contributed by atoms with Crippen LogP contribution >= 0.6 is 0 Å². The van der Waals surface area contributed by atoms with Gasteiger partial charge in [-0.2, -0.15) is 0 Å². The minimum absolute atomic E-state index is 0.0907. The molecule has 0 aliphatic rings. The number of rotatable bonds is 6. The molecule has 0 amide bonds. The molecule has 1 aromatic heterocycles. The van der Waals surface area contributed by atoms with E-state index >= 15 is 0 Å². The lowest BCUT2D eigenvalue weighted by atomic mass is 10.1. The highest BCUT2D eigenvalue weighted by Crippen LogP contribution is 2.08. The van der Waals surface area contributed by atoms with Crippen LogP contribution in [0.15, 0.2) is 35.5 Å². The third-order valence-electron chi connectivity index (χ3n) is 2.95. The summed E-state index contributed by atoms with van der Waals surface area (Å²) in [4.78, 5) is 6.77. The molecule has 0 bridgehead atoms. The fourth-order valence-corrected chi connectivity index (χ4v) is 2.66. The van der Waals surface area contributed by atoms with E-state index < -0.39 is 10.0 Å². The number of aromatic nitrogens is 2. The summed E-state index contributed by atoms with van der Waals surface area (Å²) in [5.41, 5.74) is 7.40. The Morgan fingerprint density at radius 1 is 1.25 bits per heavy atom. The third kappa shape index (κ3) is 3.44. The van der Waals surface area contributed by atoms with Gasteiger partial charge in [-0.05, 0) is 11.1 Å². The quantitative estimate of drug-likeness (QED) is 0.737. The first-order valence-corrected chi connectivity index (χ1v) is 7.85. The van der Waals surface area contributed by atoms with Gasteiger partial charge in [-0.1, -0.05) is 31.2 Å². The maximum atomic E-state index is 12.1. The molecule has 1 heterocycles. The Hall–Kier alpha value is -1.70. The SMILES string of the molecule is CCc1ncc(S(=O)(=O)NCc2ccc(CN)cc2)[nH]1. The molecule has 0 fully saturated rings. The van der Waals surface area contributed by atoms with Gasteiger partial charge in [0.25, 0.3) is 10.0 Å². The van der Waals surface area contributed by atoms with Crippen LogP contribution in [0.3, 0.4) is 0 Å². The maximum Gasteiger partial charge on any atom is 0.257 e. The lowest BCUT2D eigenvalue weighted by Gasteiger charge is -2.05. The predicted molar refractivity (Wildman–Crippen MR) is 76.3 cm³/mol. The van der Waals surface area contributed by atoms with E-state index in [4.69, 9.17) is 5.73 Å². The minimum Gasteiger partial charge on any atom is -0.332 e. The molecule has 0 spiro atoms. The molecule has 4 N–H and O–H groups in total. The first-order chi connectivity index (χ1) is 9.55. The Morgan fingerprint density at radius 2 is 1.90 bits per heavy atom. The summed E-state index contributed by atoms with van der Waals surface area (Å²) >= 11 is 0. The van der Waals surface area contributed by atoms with Crippen LogP contribution in [0.25, 0.3) is 0 Å². The number of hydrogen-bond acceptors (Lipinski definition) is 4. The largest absolute Gasteiger partial charge is 0.332 e. The minimum atomic E-state index is -3.56. The molecule has 0 aliphatic carbocycles. The molecule has 2 rings (SSSR count). The molecule has 2 aromatic rings. The maximum absolute atomic E-state index is 12.1. The highest BCUT2D eigenvalue weighted by atomic mass is 32.2. The summed E-state index contributed by atoms with van der Waals surface area (Å²) in [6.07, 6.45) is 1.99. The number of nitrogens with two attached hydrogens (primary N) is 1. The van der Waals surface area contributed by atoms with E-state index in [1.807, 2.05) is 31.2 Å². The average Bonchev–Trinajstić information content (AvgIpc) is 2.95. The molecular weight excluding hydrogens is 276 g/mol. The van der Waals surface area contributed by atoms with Gasteiger partial charge in [-0.15, -0.1) is 0 Å². The molecule has 1 aromatic carbocycles. The van der Waals surface area contributed by atoms with Gasteiger partial charge in [0, 0.05) is 19.5 Å². The first kappa shape index (κ1) is 14.7. The van der Waals surface area contributed by atoms with Crippen LogP contribution in [-0.4, -0.2) is 18.4 Å². The average molecular weight is 294 g/mol. The van der Waals surface area contributed by atoms with Crippen LogP contribution in [0.1, 0.15) is 23.9 Å². The summed E-state index contributed by atoms with van der Waals surface area (Å²) in [7, 11) is -3.56. The van der Waals surface area contributed by atoms with Gasteiger partial charge in [-0.3, -0.25) is 0 Å². The Bertz CT molecular complexity index is 662. The van der Waals surface area contributed by atoms with Gasteiger partial charge in [0.15, 0.2) is 5.03 Å². The van der Waals surface area contributed by atoms with Gasteiger partial charge < -0.3 is 10.7 Å². The summed E-state index contributed by atoms with van der Waals surface area (Å²) in [5, 5.41) is 0.0907. The van der Waals surface area contributed by atoms with Crippen molar-refractivity contribution in [3.63, 3.8) is 0 Å². The third-order valence-corrected chi connectivity index (χ3v) is 4.27. The van der Waals surface area contributed by atoms with Gasteiger partial charge in [0.05, 0.1) is 6.20 Å². The highest BCUT2D eigenvalue weighted by Gasteiger charge is 2.16. The second-order valence-electron chi connectivity index (χ2n) is 4.39. The molecule has 6 nitrogen and oxygen atoms in total. The lowest BCUT2D eigenvalue weighted by Crippen LogP contribution is -2.23. The fourth-order valence-electron chi connectivity index (χ4n) is 1.71. The van der Waals surface area contributed by atoms with Crippen LogP contribution in [0.4, 0.5) is 0 Å². The number of nitrogens with zero attached hydrogens (tertiary/aromatic N) is 1. The summed E-state index contributed by atoms with van der Waals surface area (Å²) in [5.74, 6) is 0.651. The van der Waals surface area contributed by atoms with Gasteiger partial charge in [0.1, 0.15) is 5.82 Å². The Kier molecular flexibility index (Phi) is 4.53. The van der Waals surface area contributed by atoms with E-state index in [-0.39, 0.29) is 11.6 Å². The number of imidazole rings is 1. The number of H-pyrrole nitrogens is 1. The zero-order chi connectivity index (χ0) is 14.6. The summed E-state index contributed by atoms with van der Waals surface area (Å²) < 4.78 is 26.6. The molecule has 20 heavy (non-hydrogen) atoms. The molecule has 0 saturated heterocycles. The summed E-state index contributed by atoms with van der Waals surface area (Å²) in [6.45, 7) is 2.61. The van der Waals surface area contributed by atoms with Gasteiger partial charge in [0.2, 0.25) is 0 Å². The topological polar surface area (TPSA) is 101 Å². The second kappa shape index (κ2) is 6.17. The van der Waals surface area contributed by atoms with E-state index in [1.54, 1.807) is 0 Å². The standard InChI is InChI=1S/C13H18N4O2S/c1-2-12-15-9-13(17-12)20(18,19)16-8-11-5-3-10(7-14)4-6-11/h3-6,9,16H,2,7-8,14H2,1H3,(H,15,17). The van der Waals surface area contributed by atoms with Crippen molar-refractivity contribution in [1.82, 2.24) is 14.7 Å². The van der Waals surface area contributed by atoms with E-state index in [0.717, 1.165) is 11.1 Å². The van der Waals surface area contributed by atoms with E-state index in [9.17, 15) is 8.42 Å². The number of aryl methyl sites for hydroxylation is 1. The molecule has 0 atom stereocenters. The molecule has 0 unspecified atom stereocenters. The highest BCUT2D eigenvalue weighted by molar-refractivity contribution is 7.89. The molecule has 108 valence electrons. The van der Waals surface area contributed by atoms with Crippen LogP contribution < -0.4 is 10.5 Å². The van der Waals surface area contributed by atoms with Crippen molar-refractivity contribution in [3.8, 4) is 0 Å². The van der Waals surface area contributed by atoms with Crippen LogP contribution in [-0.2, 0) is 29.5 Å². The fraction of sp³-hybridized carbons (Fsp3) is 0.308. The zero-order valence-corrected chi connectivity index (χ0v) is 12.1. The lowest BCUT2D eigenvalue weighted by molar-refractivity contribution is 0.578. The number of benzene rings is 1. The van der Waals surface area contributed by atoms with Crippen LogP contribution in [0.2, 0.25) is 0 Å². The molecule has 0 saturated carbocycles. The van der Waals surface area contributed by atoms with Crippen molar-refractivity contribution in [1.29, 1.82) is 0 Å². The second-order valence-corrected chi connectivity index (χ2v) is 6.13. The molecule has 0 radical (unpaired) electrons.